The van der Waals surface area contributed by atoms with Gasteiger partial charge in [0, 0.05) is 18.7 Å². The lowest BCUT2D eigenvalue weighted by molar-refractivity contribution is -0.139. The number of carbonyl (C=O) groups is 2. The Morgan fingerprint density at radius 1 is 1.30 bits per heavy atom. The van der Waals surface area contributed by atoms with Crippen molar-refractivity contribution in [2.75, 3.05) is 11.9 Å². The molecule has 0 saturated heterocycles. The first-order valence-electron chi connectivity index (χ1n) is 6.45. The lowest BCUT2D eigenvalue weighted by Crippen LogP contribution is -2.43. The fourth-order valence-corrected chi connectivity index (χ4v) is 1.69. The first-order valence-corrected chi connectivity index (χ1v) is 6.45. The van der Waals surface area contributed by atoms with Crippen LogP contribution in [0.5, 0.6) is 0 Å². The second-order valence-corrected chi connectivity index (χ2v) is 4.78. The molecule has 2 amide bonds. The zero-order valence-corrected chi connectivity index (χ0v) is 11.6. The van der Waals surface area contributed by atoms with Crippen molar-refractivity contribution in [3.63, 3.8) is 0 Å². The van der Waals surface area contributed by atoms with Gasteiger partial charge in [-0.3, -0.25) is 0 Å². The molecule has 110 valence electrons. The highest BCUT2D eigenvalue weighted by Gasteiger charge is 2.19. The summed E-state index contributed by atoms with van der Waals surface area (Å²) in [4.78, 5) is 22.6. The quantitative estimate of drug-likeness (QED) is 0.638. The Kier molecular flexibility index (Phi) is 5.99. The highest BCUT2D eigenvalue weighted by molar-refractivity contribution is 5.92. The molecule has 0 radical (unpaired) electrons. The summed E-state index contributed by atoms with van der Waals surface area (Å²) in [6.45, 7) is 3.78. The van der Waals surface area contributed by atoms with Crippen molar-refractivity contribution in [1.82, 2.24) is 5.32 Å². The lowest BCUT2D eigenvalue weighted by Gasteiger charge is -2.14. The van der Waals surface area contributed by atoms with Crippen molar-refractivity contribution >= 4 is 17.7 Å². The molecular formula is C14H20N2O4. The van der Waals surface area contributed by atoms with E-state index in [1.165, 1.54) is 0 Å². The number of hydrogen-bond donors (Lipinski definition) is 4. The van der Waals surface area contributed by atoms with E-state index in [-0.39, 0.29) is 13.0 Å². The van der Waals surface area contributed by atoms with Crippen molar-refractivity contribution in [2.45, 2.75) is 32.2 Å². The fourth-order valence-electron chi connectivity index (χ4n) is 1.69. The summed E-state index contributed by atoms with van der Waals surface area (Å²) in [6.07, 6.45) is -0.0329. The molecule has 0 aromatic heterocycles. The summed E-state index contributed by atoms with van der Waals surface area (Å²) in [7, 11) is 0. The number of nitrogens with one attached hydrogen (secondary N) is 2. The molecule has 0 unspecified atom stereocenters. The van der Waals surface area contributed by atoms with Gasteiger partial charge in [0.2, 0.25) is 0 Å². The van der Waals surface area contributed by atoms with Gasteiger partial charge in [-0.25, -0.2) is 9.59 Å². The van der Waals surface area contributed by atoms with Crippen LogP contribution in [0.4, 0.5) is 10.5 Å². The van der Waals surface area contributed by atoms with E-state index < -0.39 is 18.0 Å². The first kappa shape index (κ1) is 16.0. The number of hydrogen-bond acceptors (Lipinski definition) is 3. The zero-order valence-electron chi connectivity index (χ0n) is 11.6. The maximum atomic E-state index is 11.7. The molecule has 4 N–H and O–H groups in total. The van der Waals surface area contributed by atoms with Gasteiger partial charge in [-0.05, 0) is 23.6 Å². The van der Waals surface area contributed by atoms with Gasteiger partial charge in [-0.15, -0.1) is 0 Å². The average Bonchev–Trinajstić information content (AvgIpc) is 2.38. The monoisotopic (exact) mass is 280 g/mol. The van der Waals surface area contributed by atoms with Crippen molar-refractivity contribution in [3.8, 4) is 0 Å². The summed E-state index contributed by atoms with van der Waals surface area (Å²) >= 11 is 0. The van der Waals surface area contributed by atoms with Gasteiger partial charge in [-0.1, -0.05) is 26.0 Å². The number of aliphatic carboxylic acids is 1. The summed E-state index contributed by atoms with van der Waals surface area (Å²) in [5.41, 5.74) is 1.68. The van der Waals surface area contributed by atoms with Crippen molar-refractivity contribution in [3.05, 3.63) is 29.8 Å². The number of anilines is 1. The first-order chi connectivity index (χ1) is 9.43. The summed E-state index contributed by atoms with van der Waals surface area (Å²) in [5, 5.41) is 22.5. The maximum Gasteiger partial charge on any atom is 0.326 e. The van der Waals surface area contributed by atoms with Gasteiger partial charge in [0.05, 0.1) is 0 Å². The molecule has 0 aliphatic heterocycles. The number of carbonyl (C=O) groups excluding carboxylic acids is 1. The highest BCUT2D eigenvalue weighted by atomic mass is 16.4. The summed E-state index contributed by atoms with van der Waals surface area (Å²) in [5.74, 6) is -0.842. The van der Waals surface area contributed by atoms with Gasteiger partial charge >= 0.3 is 12.0 Å². The number of aliphatic hydroxyl groups is 1. The molecule has 1 aromatic carbocycles. The molecule has 0 heterocycles. The third kappa shape index (κ3) is 4.89. The van der Waals surface area contributed by atoms with E-state index in [1.54, 1.807) is 6.07 Å². The Labute approximate surface area is 117 Å². The van der Waals surface area contributed by atoms with Crippen LogP contribution in [0, 0.1) is 0 Å². The van der Waals surface area contributed by atoms with Gasteiger partial charge in [0.25, 0.3) is 0 Å². The molecule has 0 bridgehead atoms. The Bertz CT molecular complexity index is 474. The largest absolute Gasteiger partial charge is 0.480 e. The molecule has 6 nitrogen and oxygen atoms in total. The average molecular weight is 280 g/mol. The second kappa shape index (κ2) is 7.49. The van der Waals surface area contributed by atoms with Gasteiger partial charge < -0.3 is 20.8 Å². The molecule has 20 heavy (non-hydrogen) atoms. The van der Waals surface area contributed by atoms with Crippen LogP contribution >= 0.6 is 0 Å². The number of benzene rings is 1. The minimum absolute atomic E-state index is 0.0329. The Balaban J connectivity index is 2.65. The highest BCUT2D eigenvalue weighted by Crippen LogP contribution is 2.18. The van der Waals surface area contributed by atoms with Crippen LogP contribution in [0.2, 0.25) is 0 Å². The van der Waals surface area contributed by atoms with Crippen LogP contribution in [0.1, 0.15) is 31.7 Å². The van der Waals surface area contributed by atoms with E-state index in [0.29, 0.717) is 11.6 Å². The molecular weight excluding hydrogens is 260 g/mol. The molecule has 6 heteroatoms. The predicted octanol–water partition coefficient (Wildman–Crippen LogP) is 1.77. The predicted molar refractivity (Wildman–Crippen MR) is 75.8 cm³/mol. The molecule has 0 saturated carbocycles. The molecule has 0 fully saturated rings. The van der Waals surface area contributed by atoms with E-state index in [0.717, 1.165) is 5.56 Å². The van der Waals surface area contributed by atoms with E-state index in [2.05, 4.69) is 10.6 Å². The third-order valence-corrected chi connectivity index (χ3v) is 2.83. The Morgan fingerprint density at radius 3 is 2.55 bits per heavy atom. The second-order valence-electron chi connectivity index (χ2n) is 4.78. The minimum Gasteiger partial charge on any atom is -0.480 e. The number of carboxylic acid groups (broad SMARTS) is 1. The molecule has 0 aliphatic rings. The van der Waals surface area contributed by atoms with E-state index in [9.17, 15) is 9.59 Å². The van der Waals surface area contributed by atoms with Crippen LogP contribution in [-0.4, -0.2) is 34.9 Å². The SMILES string of the molecule is CC(C)c1cccc(NC(=O)N[C@H](CCO)C(=O)O)c1. The van der Waals surface area contributed by atoms with E-state index in [4.69, 9.17) is 10.2 Å². The van der Waals surface area contributed by atoms with Crippen LogP contribution in [0.15, 0.2) is 24.3 Å². The van der Waals surface area contributed by atoms with Gasteiger partial charge in [0.1, 0.15) is 6.04 Å². The smallest absolute Gasteiger partial charge is 0.326 e. The standard InChI is InChI=1S/C14H20N2O4/c1-9(2)10-4-3-5-11(8-10)15-14(20)16-12(6-7-17)13(18)19/h3-5,8-9,12,17H,6-7H2,1-2H3,(H,18,19)(H2,15,16,20)/t12-/m1/s1. The normalized spacial score (nSPS) is 12.0. The van der Waals surface area contributed by atoms with Crippen molar-refractivity contribution < 1.29 is 19.8 Å². The van der Waals surface area contributed by atoms with Gasteiger partial charge in [0.15, 0.2) is 0 Å². The topological polar surface area (TPSA) is 98.7 Å². The van der Waals surface area contributed by atoms with Crippen LogP contribution in [-0.2, 0) is 4.79 Å². The van der Waals surface area contributed by atoms with Crippen LogP contribution in [0.3, 0.4) is 0 Å². The Hall–Kier alpha value is -2.08. The van der Waals surface area contributed by atoms with Crippen molar-refractivity contribution in [1.29, 1.82) is 0 Å². The number of urea groups is 1. The maximum absolute atomic E-state index is 11.7. The Morgan fingerprint density at radius 2 is 2.00 bits per heavy atom. The number of aliphatic hydroxyl groups excluding tert-OH is 1. The number of carboxylic acids is 1. The van der Waals surface area contributed by atoms with E-state index >= 15 is 0 Å². The van der Waals surface area contributed by atoms with Crippen LogP contribution < -0.4 is 10.6 Å². The van der Waals surface area contributed by atoms with Crippen molar-refractivity contribution in [2.24, 2.45) is 0 Å². The van der Waals surface area contributed by atoms with E-state index in [1.807, 2.05) is 32.0 Å². The number of amides is 2. The fraction of sp³-hybridized carbons (Fsp3) is 0.429. The molecule has 0 aliphatic carbocycles. The molecule has 1 aromatic rings. The lowest BCUT2D eigenvalue weighted by atomic mass is 10.0. The molecule has 1 atom stereocenters. The zero-order chi connectivity index (χ0) is 15.1. The summed E-state index contributed by atoms with van der Waals surface area (Å²) < 4.78 is 0. The minimum atomic E-state index is -1.18. The molecule has 0 spiro atoms. The summed E-state index contributed by atoms with van der Waals surface area (Å²) in [6, 6.07) is 5.65. The molecule has 1 rings (SSSR count). The third-order valence-electron chi connectivity index (χ3n) is 2.83. The number of rotatable bonds is 6. The van der Waals surface area contributed by atoms with Gasteiger partial charge in [-0.2, -0.15) is 0 Å². The van der Waals surface area contributed by atoms with Crippen LogP contribution in [0.25, 0.3) is 0 Å².